The van der Waals surface area contributed by atoms with Gasteiger partial charge < -0.3 is 10.2 Å². The lowest BCUT2D eigenvalue weighted by molar-refractivity contribution is -0.120. The lowest BCUT2D eigenvalue weighted by Gasteiger charge is -2.34. The molecular weight excluding hydrogens is 456 g/mol. The fourth-order valence-electron chi connectivity index (χ4n) is 4.86. The third-order valence-electron chi connectivity index (χ3n) is 6.57. The van der Waals surface area contributed by atoms with E-state index in [4.69, 9.17) is 4.98 Å². The first-order chi connectivity index (χ1) is 16.9. The van der Waals surface area contributed by atoms with Crippen LogP contribution in [0, 0.1) is 26.7 Å². The van der Waals surface area contributed by atoms with E-state index in [1.807, 2.05) is 37.4 Å². The Bertz CT molecular complexity index is 1420. The van der Waals surface area contributed by atoms with E-state index >= 15 is 0 Å². The number of amides is 1. The molecule has 1 fully saturated rings. The second-order valence-electron chi connectivity index (χ2n) is 9.57. The largest absolute Gasteiger partial charge is 0.341 e. The number of aryl methyl sites for hydroxylation is 3. The van der Waals surface area contributed by atoms with Gasteiger partial charge in [0, 0.05) is 18.8 Å². The van der Waals surface area contributed by atoms with Crippen molar-refractivity contribution in [2.45, 2.75) is 40.2 Å². The molecule has 3 heterocycles. The summed E-state index contributed by atoms with van der Waals surface area (Å²) in [5.41, 5.74) is 6.01. The molecule has 0 saturated carbocycles. The van der Waals surface area contributed by atoms with Gasteiger partial charge in [0.25, 0.3) is 5.56 Å². The van der Waals surface area contributed by atoms with E-state index in [-0.39, 0.29) is 17.4 Å². The van der Waals surface area contributed by atoms with Crippen LogP contribution in [0.3, 0.4) is 0 Å². The highest BCUT2D eigenvalue weighted by atomic mass is 32.1. The minimum atomic E-state index is -0.174. The molecule has 0 spiro atoms. The van der Waals surface area contributed by atoms with Crippen molar-refractivity contribution in [3.05, 3.63) is 86.5 Å². The standard InChI is InChI=1S/C28H30N4O2S/c1-18-6-8-21(9-7-18)16-32-27(34)25-24(10-12-35-25)30-28(32)31-11-4-5-22(17-31)26(33)29-23-14-19(2)13-20(3)15-23/h6-10,12-15,22H,4-5,11,16-17H2,1-3H3,(H,29,33)/t22-/m1/s1. The van der Waals surface area contributed by atoms with Gasteiger partial charge in [-0.2, -0.15) is 0 Å². The normalized spacial score (nSPS) is 16.0. The number of fused-ring (bicyclic) bond motifs is 1. The van der Waals surface area contributed by atoms with Crippen LogP contribution in [0.15, 0.2) is 58.7 Å². The van der Waals surface area contributed by atoms with E-state index in [1.54, 1.807) is 4.57 Å². The molecular formula is C28H30N4O2S. The Kier molecular flexibility index (Phi) is 6.43. The van der Waals surface area contributed by atoms with Gasteiger partial charge in [-0.05, 0) is 73.9 Å². The van der Waals surface area contributed by atoms with Crippen LogP contribution < -0.4 is 15.8 Å². The molecule has 35 heavy (non-hydrogen) atoms. The van der Waals surface area contributed by atoms with Crippen LogP contribution in [0.25, 0.3) is 10.2 Å². The fraction of sp³-hybridized carbons (Fsp3) is 0.321. The molecule has 1 N–H and O–H groups in total. The third-order valence-corrected chi connectivity index (χ3v) is 7.46. The maximum absolute atomic E-state index is 13.5. The van der Waals surface area contributed by atoms with E-state index in [2.05, 4.69) is 47.5 Å². The van der Waals surface area contributed by atoms with Crippen LogP contribution >= 0.6 is 11.3 Å². The van der Waals surface area contributed by atoms with Gasteiger partial charge in [0.05, 0.1) is 18.0 Å². The topological polar surface area (TPSA) is 67.2 Å². The SMILES string of the molecule is Cc1ccc(Cn2c(N3CCC[C@@H](C(=O)Nc4cc(C)cc(C)c4)C3)nc3ccsc3c2=O)cc1. The van der Waals surface area contributed by atoms with Gasteiger partial charge in [-0.3, -0.25) is 14.2 Å². The number of nitrogens with one attached hydrogen (secondary N) is 1. The van der Waals surface area contributed by atoms with Gasteiger partial charge in [0.1, 0.15) is 4.70 Å². The van der Waals surface area contributed by atoms with Crippen molar-refractivity contribution in [3.63, 3.8) is 0 Å². The summed E-state index contributed by atoms with van der Waals surface area (Å²) in [6, 6.07) is 16.2. The number of nitrogens with zero attached hydrogens (tertiary/aromatic N) is 3. The average Bonchev–Trinajstić information content (AvgIpc) is 3.30. The molecule has 1 amide bonds. The molecule has 5 rings (SSSR count). The molecule has 180 valence electrons. The smallest absolute Gasteiger partial charge is 0.273 e. The van der Waals surface area contributed by atoms with Gasteiger partial charge in [-0.1, -0.05) is 35.9 Å². The third kappa shape index (κ3) is 5.00. The number of thiophene rings is 1. The first-order valence-corrected chi connectivity index (χ1v) is 12.9. The van der Waals surface area contributed by atoms with Gasteiger partial charge >= 0.3 is 0 Å². The summed E-state index contributed by atoms with van der Waals surface area (Å²) < 4.78 is 2.44. The van der Waals surface area contributed by atoms with Crippen molar-refractivity contribution < 1.29 is 4.79 Å². The zero-order valence-electron chi connectivity index (χ0n) is 20.4. The van der Waals surface area contributed by atoms with E-state index in [1.165, 1.54) is 16.9 Å². The molecule has 2 aromatic heterocycles. The first kappa shape index (κ1) is 23.3. The van der Waals surface area contributed by atoms with Crippen LogP contribution in [-0.2, 0) is 11.3 Å². The molecule has 0 unspecified atom stereocenters. The zero-order chi connectivity index (χ0) is 24.5. The lowest BCUT2D eigenvalue weighted by Crippen LogP contribution is -2.43. The predicted molar refractivity (Wildman–Crippen MR) is 144 cm³/mol. The van der Waals surface area contributed by atoms with Crippen molar-refractivity contribution in [2.75, 3.05) is 23.3 Å². The van der Waals surface area contributed by atoms with Crippen LogP contribution in [0.1, 0.15) is 35.1 Å². The summed E-state index contributed by atoms with van der Waals surface area (Å²) >= 11 is 1.43. The highest BCUT2D eigenvalue weighted by Gasteiger charge is 2.29. The minimum absolute atomic E-state index is 0.0174. The maximum atomic E-state index is 13.5. The molecule has 2 aromatic carbocycles. The second-order valence-corrected chi connectivity index (χ2v) is 10.5. The molecule has 7 heteroatoms. The molecule has 0 radical (unpaired) electrons. The number of hydrogen-bond acceptors (Lipinski definition) is 5. The molecule has 6 nitrogen and oxygen atoms in total. The zero-order valence-corrected chi connectivity index (χ0v) is 21.2. The predicted octanol–water partition coefficient (Wildman–Crippen LogP) is 5.29. The lowest BCUT2D eigenvalue weighted by atomic mass is 9.97. The van der Waals surface area contributed by atoms with Crippen LogP contribution in [0.2, 0.25) is 0 Å². The summed E-state index contributed by atoms with van der Waals surface area (Å²) in [7, 11) is 0. The molecule has 0 aliphatic carbocycles. The quantitative estimate of drug-likeness (QED) is 0.416. The highest BCUT2D eigenvalue weighted by Crippen LogP contribution is 2.26. The molecule has 1 saturated heterocycles. The van der Waals surface area contributed by atoms with Crippen LogP contribution in [0.4, 0.5) is 11.6 Å². The number of benzene rings is 2. The molecule has 0 bridgehead atoms. The van der Waals surface area contributed by atoms with Gasteiger partial charge in [-0.25, -0.2) is 4.98 Å². The monoisotopic (exact) mass is 486 g/mol. The van der Waals surface area contributed by atoms with E-state index in [9.17, 15) is 9.59 Å². The van der Waals surface area contributed by atoms with E-state index in [0.717, 1.165) is 47.3 Å². The Morgan fingerprint density at radius 2 is 1.80 bits per heavy atom. The molecule has 1 aliphatic rings. The summed E-state index contributed by atoms with van der Waals surface area (Å²) in [4.78, 5) is 33.7. The Morgan fingerprint density at radius 1 is 1.06 bits per heavy atom. The maximum Gasteiger partial charge on any atom is 0.273 e. The second kappa shape index (κ2) is 9.66. The first-order valence-electron chi connectivity index (χ1n) is 12.0. The van der Waals surface area contributed by atoms with Crippen molar-refractivity contribution >= 4 is 39.1 Å². The molecule has 1 atom stereocenters. The summed E-state index contributed by atoms with van der Waals surface area (Å²) in [6.45, 7) is 7.87. The molecule has 1 aliphatic heterocycles. The summed E-state index contributed by atoms with van der Waals surface area (Å²) in [5, 5.41) is 5.02. The number of hydrogen-bond donors (Lipinski definition) is 1. The van der Waals surface area contributed by atoms with E-state index < -0.39 is 0 Å². The van der Waals surface area contributed by atoms with Crippen molar-refractivity contribution in [1.29, 1.82) is 0 Å². The Morgan fingerprint density at radius 3 is 2.54 bits per heavy atom. The fourth-order valence-corrected chi connectivity index (χ4v) is 5.63. The van der Waals surface area contributed by atoms with Crippen molar-refractivity contribution in [1.82, 2.24) is 9.55 Å². The number of carbonyl (C=O) groups is 1. The van der Waals surface area contributed by atoms with Crippen molar-refractivity contribution in [2.24, 2.45) is 5.92 Å². The van der Waals surface area contributed by atoms with Gasteiger partial charge in [-0.15, -0.1) is 11.3 Å². The van der Waals surface area contributed by atoms with Gasteiger partial charge in [0.15, 0.2) is 0 Å². The Balaban J connectivity index is 1.44. The summed E-state index contributed by atoms with van der Waals surface area (Å²) in [6.07, 6.45) is 1.68. The van der Waals surface area contributed by atoms with Crippen LogP contribution in [-0.4, -0.2) is 28.5 Å². The van der Waals surface area contributed by atoms with Gasteiger partial charge in [0.2, 0.25) is 11.9 Å². The number of aromatic nitrogens is 2. The number of anilines is 2. The number of piperidine rings is 1. The number of carbonyl (C=O) groups excluding carboxylic acids is 1. The van der Waals surface area contributed by atoms with E-state index in [0.29, 0.717) is 23.7 Å². The molecule has 4 aromatic rings. The Labute approximate surface area is 209 Å². The Hall–Kier alpha value is -3.45. The van der Waals surface area contributed by atoms with Crippen molar-refractivity contribution in [3.8, 4) is 0 Å². The number of rotatable bonds is 5. The minimum Gasteiger partial charge on any atom is -0.341 e. The summed E-state index contributed by atoms with van der Waals surface area (Å²) in [5.74, 6) is 0.488. The van der Waals surface area contributed by atoms with Crippen LogP contribution in [0.5, 0.6) is 0 Å². The average molecular weight is 487 g/mol. The highest BCUT2D eigenvalue weighted by molar-refractivity contribution is 7.17.